The van der Waals surface area contributed by atoms with E-state index in [1.807, 2.05) is 60.7 Å². The molecule has 0 aliphatic carbocycles. The van der Waals surface area contributed by atoms with Gasteiger partial charge >= 0.3 is 12.1 Å². The summed E-state index contributed by atoms with van der Waals surface area (Å²) in [5, 5.41) is 2.69. The van der Waals surface area contributed by atoms with Crippen molar-refractivity contribution in [3.05, 3.63) is 71.8 Å². The van der Waals surface area contributed by atoms with Crippen molar-refractivity contribution in [2.45, 2.75) is 32.2 Å². The SMILES string of the molecule is COC(=O)C(C)N1CCN(Cc2ccccc2)C[C@H](NC(=O)OCc2ccccc2)C1=O. The summed E-state index contributed by atoms with van der Waals surface area (Å²) in [6.07, 6.45) is -0.681. The van der Waals surface area contributed by atoms with Crippen LogP contribution in [0.2, 0.25) is 0 Å². The molecule has 0 saturated carbocycles. The van der Waals surface area contributed by atoms with Gasteiger partial charge in [-0.3, -0.25) is 9.69 Å². The molecule has 1 aliphatic rings. The molecule has 0 spiro atoms. The lowest BCUT2D eigenvalue weighted by Gasteiger charge is -2.28. The maximum Gasteiger partial charge on any atom is 0.408 e. The van der Waals surface area contributed by atoms with Gasteiger partial charge in [0.25, 0.3) is 0 Å². The van der Waals surface area contributed by atoms with Gasteiger partial charge in [-0.2, -0.15) is 0 Å². The van der Waals surface area contributed by atoms with Crippen molar-refractivity contribution >= 4 is 18.0 Å². The molecule has 0 aromatic heterocycles. The molecule has 2 atom stereocenters. The van der Waals surface area contributed by atoms with Crippen molar-refractivity contribution in [1.29, 1.82) is 0 Å². The number of carbonyl (C=O) groups is 3. The molecule has 2 amide bonds. The average Bonchev–Trinajstić information content (AvgIpc) is 2.96. The van der Waals surface area contributed by atoms with Crippen molar-refractivity contribution in [2.24, 2.45) is 0 Å². The Morgan fingerprint density at radius 3 is 2.28 bits per heavy atom. The number of nitrogens with one attached hydrogen (secondary N) is 1. The van der Waals surface area contributed by atoms with E-state index in [0.717, 1.165) is 11.1 Å². The number of nitrogens with zero attached hydrogens (tertiary/aromatic N) is 2. The minimum atomic E-state index is -0.850. The minimum absolute atomic E-state index is 0.101. The predicted octanol–water partition coefficient (Wildman–Crippen LogP) is 2.19. The summed E-state index contributed by atoms with van der Waals surface area (Å²) in [6.45, 7) is 3.55. The molecule has 8 heteroatoms. The van der Waals surface area contributed by atoms with Gasteiger partial charge in [0.1, 0.15) is 18.7 Å². The van der Waals surface area contributed by atoms with E-state index in [4.69, 9.17) is 9.47 Å². The van der Waals surface area contributed by atoms with Gasteiger partial charge in [0, 0.05) is 26.2 Å². The lowest BCUT2D eigenvalue weighted by Crippen LogP contribution is -2.54. The molecule has 0 bridgehead atoms. The quantitative estimate of drug-likeness (QED) is 0.666. The summed E-state index contributed by atoms with van der Waals surface area (Å²) in [7, 11) is 1.29. The van der Waals surface area contributed by atoms with Crippen LogP contribution >= 0.6 is 0 Å². The normalized spacial score (nSPS) is 17.9. The van der Waals surface area contributed by atoms with Crippen LogP contribution in [0.3, 0.4) is 0 Å². The zero-order valence-electron chi connectivity index (χ0n) is 18.4. The van der Waals surface area contributed by atoms with Crippen molar-refractivity contribution in [2.75, 3.05) is 26.7 Å². The fraction of sp³-hybridized carbons (Fsp3) is 0.375. The summed E-state index contributed by atoms with van der Waals surface area (Å²) < 4.78 is 10.1. The first-order valence-electron chi connectivity index (χ1n) is 10.6. The zero-order chi connectivity index (χ0) is 22.9. The van der Waals surface area contributed by atoms with E-state index in [9.17, 15) is 14.4 Å². The van der Waals surface area contributed by atoms with Gasteiger partial charge in [-0.25, -0.2) is 9.59 Å². The maximum absolute atomic E-state index is 13.2. The Bertz CT molecular complexity index is 906. The van der Waals surface area contributed by atoms with Crippen molar-refractivity contribution < 1.29 is 23.9 Å². The van der Waals surface area contributed by atoms with E-state index >= 15 is 0 Å². The Morgan fingerprint density at radius 2 is 1.66 bits per heavy atom. The van der Waals surface area contributed by atoms with Crippen LogP contribution in [0, 0.1) is 0 Å². The predicted molar refractivity (Wildman–Crippen MR) is 118 cm³/mol. The van der Waals surface area contributed by atoms with Gasteiger partial charge in [0.15, 0.2) is 0 Å². The highest BCUT2D eigenvalue weighted by atomic mass is 16.5. The Labute approximate surface area is 188 Å². The lowest BCUT2D eigenvalue weighted by molar-refractivity contribution is -0.152. The highest BCUT2D eigenvalue weighted by Crippen LogP contribution is 2.14. The summed E-state index contributed by atoms with van der Waals surface area (Å²) in [5.74, 6) is -0.838. The second-order valence-electron chi connectivity index (χ2n) is 7.71. The Morgan fingerprint density at radius 1 is 1.03 bits per heavy atom. The van der Waals surface area contributed by atoms with Gasteiger partial charge in [0.05, 0.1) is 7.11 Å². The average molecular weight is 440 g/mol. The first kappa shape index (κ1) is 23.3. The third kappa shape index (κ3) is 6.31. The van der Waals surface area contributed by atoms with Crippen LogP contribution < -0.4 is 5.32 Å². The second kappa shape index (κ2) is 11.3. The van der Waals surface area contributed by atoms with Crippen LogP contribution in [-0.2, 0) is 32.2 Å². The number of hydrogen-bond donors (Lipinski definition) is 1. The largest absolute Gasteiger partial charge is 0.467 e. The van der Waals surface area contributed by atoms with E-state index in [2.05, 4.69) is 10.2 Å². The van der Waals surface area contributed by atoms with E-state index in [1.54, 1.807) is 6.92 Å². The van der Waals surface area contributed by atoms with E-state index in [1.165, 1.54) is 12.0 Å². The van der Waals surface area contributed by atoms with Crippen LogP contribution in [0.1, 0.15) is 18.1 Å². The molecule has 170 valence electrons. The molecular weight excluding hydrogens is 410 g/mol. The van der Waals surface area contributed by atoms with Crippen molar-refractivity contribution in [1.82, 2.24) is 15.1 Å². The number of rotatable bonds is 7. The van der Waals surface area contributed by atoms with Crippen LogP contribution in [0.4, 0.5) is 4.79 Å². The molecular formula is C24H29N3O5. The van der Waals surface area contributed by atoms with Crippen LogP contribution in [0.5, 0.6) is 0 Å². The Balaban J connectivity index is 1.71. The molecule has 1 fully saturated rings. The highest BCUT2D eigenvalue weighted by molar-refractivity contribution is 5.90. The third-order valence-electron chi connectivity index (χ3n) is 5.44. The van der Waals surface area contributed by atoms with E-state index in [0.29, 0.717) is 26.2 Å². The van der Waals surface area contributed by atoms with Gasteiger partial charge in [0.2, 0.25) is 5.91 Å². The molecule has 0 radical (unpaired) electrons. The Kier molecular flexibility index (Phi) is 8.21. The number of carbonyl (C=O) groups excluding carboxylic acids is 3. The van der Waals surface area contributed by atoms with Crippen LogP contribution in [0.15, 0.2) is 60.7 Å². The lowest BCUT2D eigenvalue weighted by atomic mass is 10.2. The molecule has 3 rings (SSSR count). The van der Waals surface area contributed by atoms with Gasteiger partial charge in [-0.1, -0.05) is 60.7 Å². The molecule has 1 aliphatic heterocycles. The van der Waals surface area contributed by atoms with E-state index in [-0.39, 0.29) is 12.5 Å². The number of esters is 1. The first-order valence-corrected chi connectivity index (χ1v) is 10.6. The zero-order valence-corrected chi connectivity index (χ0v) is 18.4. The number of methoxy groups -OCH3 is 1. The molecule has 2 aromatic carbocycles. The third-order valence-corrected chi connectivity index (χ3v) is 5.44. The molecule has 2 aromatic rings. The second-order valence-corrected chi connectivity index (χ2v) is 7.71. The number of hydrogen-bond acceptors (Lipinski definition) is 6. The van der Waals surface area contributed by atoms with Gasteiger partial charge in [-0.15, -0.1) is 0 Å². The summed E-state index contributed by atoms with van der Waals surface area (Å²) in [4.78, 5) is 41.3. The molecule has 1 unspecified atom stereocenters. The molecule has 1 N–H and O–H groups in total. The first-order chi connectivity index (χ1) is 15.5. The molecule has 32 heavy (non-hydrogen) atoms. The molecule has 8 nitrogen and oxygen atoms in total. The summed E-state index contributed by atoms with van der Waals surface area (Å²) >= 11 is 0. The monoisotopic (exact) mass is 439 g/mol. The van der Waals surface area contributed by atoms with Crippen LogP contribution in [-0.4, -0.2) is 66.6 Å². The van der Waals surface area contributed by atoms with Crippen molar-refractivity contribution in [3.63, 3.8) is 0 Å². The van der Waals surface area contributed by atoms with Crippen molar-refractivity contribution in [3.8, 4) is 0 Å². The standard InChI is InChI=1S/C24H29N3O5/c1-18(23(29)31-2)27-14-13-26(15-19-9-5-3-6-10-19)16-21(22(27)28)25-24(30)32-17-20-11-7-4-8-12-20/h3-12,18,21H,13-17H2,1-2H3,(H,25,30)/t18?,21-/m0/s1. The fourth-order valence-electron chi connectivity index (χ4n) is 3.67. The van der Waals surface area contributed by atoms with Gasteiger partial charge < -0.3 is 19.7 Å². The Hall–Kier alpha value is -3.39. The van der Waals surface area contributed by atoms with Crippen LogP contribution in [0.25, 0.3) is 0 Å². The summed E-state index contributed by atoms with van der Waals surface area (Å²) in [6, 6.07) is 17.6. The topological polar surface area (TPSA) is 88.2 Å². The summed E-state index contributed by atoms with van der Waals surface area (Å²) in [5.41, 5.74) is 1.95. The van der Waals surface area contributed by atoms with Gasteiger partial charge in [-0.05, 0) is 18.1 Å². The fourth-order valence-corrected chi connectivity index (χ4v) is 3.67. The highest BCUT2D eigenvalue weighted by Gasteiger charge is 2.36. The molecule has 1 saturated heterocycles. The maximum atomic E-state index is 13.2. The number of alkyl carbamates (subject to hydrolysis) is 1. The number of benzene rings is 2. The van der Waals surface area contributed by atoms with E-state index < -0.39 is 24.1 Å². The number of amides is 2. The number of ether oxygens (including phenoxy) is 2. The smallest absolute Gasteiger partial charge is 0.408 e. The minimum Gasteiger partial charge on any atom is -0.467 e. The molecule has 1 heterocycles.